The second-order valence-corrected chi connectivity index (χ2v) is 5.29. The molecule has 0 saturated carbocycles. The number of halogens is 1. The maximum atomic E-state index is 12.3. The van der Waals surface area contributed by atoms with Crippen LogP contribution < -0.4 is 4.74 Å². The second-order valence-electron chi connectivity index (χ2n) is 4.85. The molecule has 9 heteroatoms. The fourth-order valence-corrected chi connectivity index (χ4v) is 2.47. The van der Waals surface area contributed by atoms with E-state index in [1.54, 1.807) is 6.07 Å². The van der Waals surface area contributed by atoms with Gasteiger partial charge in [-0.3, -0.25) is 25.0 Å². The molecule has 0 fully saturated rings. The number of rotatable bonds is 3. The lowest BCUT2D eigenvalue weighted by atomic mass is 10.1. The van der Waals surface area contributed by atoms with Crippen LogP contribution in [0.5, 0.6) is 5.75 Å². The van der Waals surface area contributed by atoms with Crippen LogP contribution in [0.25, 0.3) is 6.08 Å². The third kappa shape index (κ3) is 2.70. The number of nitrogens with zero attached hydrogens (tertiary/aromatic N) is 2. The average Bonchev–Trinajstić information content (AvgIpc) is 2.83. The number of hydrogen-bond donors (Lipinski definition) is 0. The van der Waals surface area contributed by atoms with Gasteiger partial charge in [-0.15, -0.1) is 0 Å². The largest absolute Gasteiger partial charge is 0.445 e. The van der Waals surface area contributed by atoms with Crippen molar-refractivity contribution in [3.63, 3.8) is 0 Å². The number of carbonyl (C=O) groups excluding carboxylic acids is 1. The highest BCUT2D eigenvalue weighted by atomic mass is 35.5. The number of hydrogen-bond acceptors (Lipinski definition) is 6. The predicted molar refractivity (Wildman–Crippen MR) is 84.1 cm³/mol. The molecule has 3 rings (SSSR count). The molecular weight excluding hydrogens is 340 g/mol. The van der Waals surface area contributed by atoms with Crippen molar-refractivity contribution < 1.29 is 19.4 Å². The molecule has 120 valence electrons. The van der Waals surface area contributed by atoms with E-state index in [1.807, 2.05) is 0 Å². The van der Waals surface area contributed by atoms with Crippen molar-refractivity contribution in [1.82, 2.24) is 0 Å². The van der Waals surface area contributed by atoms with Crippen LogP contribution >= 0.6 is 11.6 Å². The van der Waals surface area contributed by atoms with Crippen LogP contribution in [0.1, 0.15) is 15.9 Å². The van der Waals surface area contributed by atoms with Gasteiger partial charge in [0.05, 0.1) is 15.4 Å². The number of nitro groups is 2. The third-order valence-electron chi connectivity index (χ3n) is 3.29. The van der Waals surface area contributed by atoms with E-state index in [4.69, 9.17) is 16.3 Å². The monoisotopic (exact) mass is 346 g/mol. The molecule has 0 aromatic heterocycles. The smallest absolute Gasteiger partial charge is 0.313 e. The molecule has 8 nitrogen and oxygen atoms in total. The highest BCUT2D eigenvalue weighted by Gasteiger charge is 2.34. The lowest BCUT2D eigenvalue weighted by Gasteiger charge is -2.00. The van der Waals surface area contributed by atoms with Crippen molar-refractivity contribution in [2.45, 2.75) is 0 Å². The van der Waals surface area contributed by atoms with Gasteiger partial charge in [-0.2, -0.15) is 0 Å². The molecule has 0 spiro atoms. The van der Waals surface area contributed by atoms with E-state index in [0.717, 1.165) is 6.07 Å². The summed E-state index contributed by atoms with van der Waals surface area (Å²) in [5.74, 6) is -0.941. The fourth-order valence-electron chi connectivity index (χ4n) is 2.25. The number of Topliss-reactive ketones (excluding diaryl/α,β-unsaturated/α-hetero) is 1. The molecule has 0 aliphatic carbocycles. The van der Waals surface area contributed by atoms with Gasteiger partial charge in [-0.25, -0.2) is 0 Å². The zero-order valence-corrected chi connectivity index (χ0v) is 12.5. The second kappa shape index (κ2) is 5.74. The van der Waals surface area contributed by atoms with E-state index in [2.05, 4.69) is 0 Å². The molecule has 2 aromatic rings. The quantitative estimate of drug-likeness (QED) is 0.475. The SMILES string of the molecule is O=C1C(=Cc2cccc([N+](=O)[O-])c2)Oc2c1cc(Cl)cc2[N+](=O)[O-]. The minimum absolute atomic E-state index is 0.0223. The van der Waals surface area contributed by atoms with Crippen molar-refractivity contribution in [2.75, 3.05) is 0 Å². The first-order valence-corrected chi connectivity index (χ1v) is 6.91. The van der Waals surface area contributed by atoms with Crippen LogP contribution in [-0.4, -0.2) is 15.6 Å². The number of ether oxygens (including phenoxy) is 1. The number of allylic oxidation sites excluding steroid dienone is 1. The maximum absolute atomic E-state index is 12.3. The van der Waals surface area contributed by atoms with Gasteiger partial charge in [-0.05, 0) is 17.7 Å². The van der Waals surface area contributed by atoms with E-state index in [0.29, 0.717) is 5.56 Å². The summed E-state index contributed by atoms with van der Waals surface area (Å²) in [6.07, 6.45) is 1.28. The first-order chi connectivity index (χ1) is 11.4. The normalized spacial score (nSPS) is 14.4. The Morgan fingerprint density at radius 1 is 1.08 bits per heavy atom. The Morgan fingerprint density at radius 2 is 1.83 bits per heavy atom. The van der Waals surface area contributed by atoms with Crippen LogP contribution in [0.3, 0.4) is 0 Å². The first kappa shape index (κ1) is 15.6. The summed E-state index contributed by atoms with van der Waals surface area (Å²) >= 11 is 5.79. The summed E-state index contributed by atoms with van der Waals surface area (Å²) in [4.78, 5) is 32.9. The van der Waals surface area contributed by atoms with E-state index in [1.165, 1.54) is 30.3 Å². The first-order valence-electron chi connectivity index (χ1n) is 6.53. The van der Waals surface area contributed by atoms with E-state index < -0.39 is 21.3 Å². The highest BCUT2D eigenvalue weighted by Crippen LogP contribution is 2.41. The van der Waals surface area contributed by atoms with Gasteiger partial charge in [0, 0.05) is 23.2 Å². The van der Waals surface area contributed by atoms with Crippen LogP contribution in [0, 0.1) is 20.2 Å². The molecule has 0 atom stereocenters. The Morgan fingerprint density at radius 3 is 2.50 bits per heavy atom. The van der Waals surface area contributed by atoms with E-state index >= 15 is 0 Å². The van der Waals surface area contributed by atoms with E-state index in [9.17, 15) is 25.0 Å². The minimum atomic E-state index is -0.700. The number of non-ortho nitro benzene ring substituents is 1. The molecule has 1 aliphatic heterocycles. The predicted octanol–water partition coefficient (Wildman–Crippen LogP) is 3.77. The molecule has 0 radical (unpaired) electrons. The fraction of sp³-hybridized carbons (Fsp3) is 0. The lowest BCUT2D eigenvalue weighted by Crippen LogP contribution is -1.98. The van der Waals surface area contributed by atoms with Crippen molar-refractivity contribution in [3.05, 3.63) is 78.5 Å². The summed E-state index contributed by atoms with van der Waals surface area (Å²) < 4.78 is 5.31. The molecule has 0 bridgehead atoms. The molecule has 2 aromatic carbocycles. The zero-order valence-electron chi connectivity index (χ0n) is 11.8. The van der Waals surface area contributed by atoms with Crippen LogP contribution in [0.4, 0.5) is 11.4 Å². The Bertz CT molecular complexity index is 938. The van der Waals surface area contributed by atoms with Gasteiger partial charge >= 0.3 is 5.69 Å². The number of benzene rings is 2. The number of fused-ring (bicyclic) bond motifs is 1. The Labute approximate surface area is 139 Å². The van der Waals surface area contributed by atoms with Crippen molar-refractivity contribution >= 4 is 34.8 Å². The van der Waals surface area contributed by atoms with Gasteiger partial charge in [0.1, 0.15) is 0 Å². The molecule has 24 heavy (non-hydrogen) atoms. The standard InChI is InChI=1S/C15H7ClN2O6/c16-9-6-11-14(19)13(24-15(11)12(7-9)18(22)23)5-8-2-1-3-10(4-8)17(20)21/h1-7H. The average molecular weight is 347 g/mol. The van der Waals surface area contributed by atoms with Crippen LogP contribution in [-0.2, 0) is 0 Å². The number of carbonyl (C=O) groups is 1. The van der Waals surface area contributed by atoms with Crippen LogP contribution in [0.15, 0.2) is 42.2 Å². The zero-order chi connectivity index (χ0) is 17.4. The summed E-state index contributed by atoms with van der Waals surface area (Å²) in [5, 5.41) is 21.9. The Balaban J connectivity index is 2.05. The van der Waals surface area contributed by atoms with E-state index in [-0.39, 0.29) is 27.8 Å². The van der Waals surface area contributed by atoms with Gasteiger partial charge < -0.3 is 4.74 Å². The van der Waals surface area contributed by atoms with Gasteiger partial charge in [-0.1, -0.05) is 23.7 Å². The Kier molecular flexibility index (Phi) is 3.74. The summed E-state index contributed by atoms with van der Waals surface area (Å²) in [6.45, 7) is 0. The number of nitro benzene ring substituents is 2. The molecular formula is C15H7ClN2O6. The van der Waals surface area contributed by atoms with Crippen LogP contribution in [0.2, 0.25) is 5.02 Å². The number of ketones is 1. The summed E-state index contributed by atoms with van der Waals surface area (Å²) in [5.41, 5.74) is -0.241. The third-order valence-corrected chi connectivity index (χ3v) is 3.51. The molecule has 1 aliphatic rings. The Hall–Kier alpha value is -3.26. The lowest BCUT2D eigenvalue weighted by molar-refractivity contribution is -0.385. The van der Waals surface area contributed by atoms with Gasteiger partial charge in [0.15, 0.2) is 5.76 Å². The molecule has 0 N–H and O–H groups in total. The molecule has 1 heterocycles. The summed E-state index contributed by atoms with van der Waals surface area (Å²) in [6, 6.07) is 7.93. The summed E-state index contributed by atoms with van der Waals surface area (Å²) in [7, 11) is 0. The topological polar surface area (TPSA) is 113 Å². The van der Waals surface area contributed by atoms with Crippen molar-refractivity contribution in [3.8, 4) is 5.75 Å². The van der Waals surface area contributed by atoms with Crippen molar-refractivity contribution in [2.24, 2.45) is 0 Å². The molecule has 0 amide bonds. The van der Waals surface area contributed by atoms with Crippen molar-refractivity contribution in [1.29, 1.82) is 0 Å². The maximum Gasteiger partial charge on any atom is 0.313 e. The molecule has 0 unspecified atom stereocenters. The highest BCUT2D eigenvalue weighted by molar-refractivity contribution is 6.32. The van der Waals surface area contributed by atoms with Gasteiger partial charge in [0.2, 0.25) is 11.5 Å². The minimum Gasteiger partial charge on any atom is -0.445 e. The molecule has 0 saturated heterocycles. The van der Waals surface area contributed by atoms with Gasteiger partial charge in [0.25, 0.3) is 5.69 Å².